The van der Waals surface area contributed by atoms with Crippen LogP contribution in [0.15, 0.2) is 23.1 Å². The van der Waals surface area contributed by atoms with Crippen LogP contribution in [-0.4, -0.2) is 36.6 Å². The lowest BCUT2D eigenvalue weighted by atomic mass is 10.2. The molecule has 3 N–H and O–H groups in total. The zero-order valence-electron chi connectivity index (χ0n) is 11.0. The average molecular weight is 301 g/mol. The Kier molecular flexibility index (Phi) is 4.85. The minimum Gasteiger partial charge on any atom is -0.481 e. The van der Waals surface area contributed by atoms with Gasteiger partial charge in [-0.25, -0.2) is 8.42 Å². The van der Waals surface area contributed by atoms with Crippen molar-refractivity contribution in [3.63, 3.8) is 0 Å². The summed E-state index contributed by atoms with van der Waals surface area (Å²) in [6, 6.07) is 2.86. The maximum absolute atomic E-state index is 12.1. The molecule has 110 valence electrons. The van der Waals surface area contributed by atoms with Gasteiger partial charge in [0.25, 0.3) is 0 Å². The highest BCUT2D eigenvalue weighted by atomic mass is 32.2. The first kappa shape index (κ1) is 16.1. The van der Waals surface area contributed by atoms with E-state index in [1.807, 2.05) is 4.72 Å². The number of nitrogens with one attached hydrogen (secondary N) is 1. The van der Waals surface area contributed by atoms with Crippen LogP contribution in [0.25, 0.3) is 0 Å². The highest BCUT2D eigenvalue weighted by molar-refractivity contribution is 7.89. The molecule has 20 heavy (non-hydrogen) atoms. The van der Waals surface area contributed by atoms with E-state index in [1.54, 1.807) is 26.0 Å². The lowest BCUT2D eigenvalue weighted by Crippen LogP contribution is -2.42. The van der Waals surface area contributed by atoms with Crippen LogP contribution in [0.3, 0.4) is 0 Å². The van der Waals surface area contributed by atoms with Gasteiger partial charge in [-0.1, -0.05) is 17.7 Å². The normalized spacial score (nSPS) is 12.9. The zero-order chi connectivity index (χ0) is 15.5. The second-order valence-electron chi connectivity index (χ2n) is 4.38. The minimum atomic E-state index is -4.09. The second-order valence-corrected chi connectivity index (χ2v) is 6.06. The Labute approximate surface area is 116 Å². The van der Waals surface area contributed by atoms with Gasteiger partial charge in [0.2, 0.25) is 10.0 Å². The van der Waals surface area contributed by atoms with E-state index in [2.05, 4.69) is 0 Å². The van der Waals surface area contributed by atoms with Crippen LogP contribution in [0.4, 0.5) is 0 Å². The molecule has 0 unspecified atom stereocenters. The van der Waals surface area contributed by atoms with Gasteiger partial charge in [-0.3, -0.25) is 9.59 Å². The van der Waals surface area contributed by atoms with Crippen LogP contribution in [0.1, 0.15) is 17.5 Å². The second kappa shape index (κ2) is 6.02. The van der Waals surface area contributed by atoms with Crippen molar-refractivity contribution in [2.24, 2.45) is 0 Å². The molecule has 0 aliphatic carbocycles. The number of carboxylic acids is 2. The standard InChI is InChI=1S/C12H15NO6S/c1-7-3-4-10(8(2)5-7)20(18,19)13-9(12(16)17)6-11(14)15/h3-5,9,13H,6H2,1-2H3,(H,14,15)(H,16,17)/t9-/m1/s1. The molecule has 0 heterocycles. The molecule has 0 radical (unpaired) electrons. The Morgan fingerprint density at radius 2 is 1.85 bits per heavy atom. The van der Waals surface area contributed by atoms with Gasteiger partial charge in [0, 0.05) is 0 Å². The summed E-state index contributed by atoms with van der Waals surface area (Å²) in [6.45, 7) is 3.37. The summed E-state index contributed by atoms with van der Waals surface area (Å²) in [5, 5.41) is 17.4. The van der Waals surface area contributed by atoms with E-state index < -0.39 is 34.4 Å². The largest absolute Gasteiger partial charge is 0.481 e. The monoisotopic (exact) mass is 301 g/mol. The van der Waals surface area contributed by atoms with Gasteiger partial charge in [0.15, 0.2) is 0 Å². The Bertz CT molecular complexity index is 637. The average Bonchev–Trinajstić information content (AvgIpc) is 2.26. The first-order chi connectivity index (χ1) is 9.13. The van der Waals surface area contributed by atoms with E-state index in [9.17, 15) is 18.0 Å². The third-order valence-corrected chi connectivity index (χ3v) is 4.23. The summed E-state index contributed by atoms with van der Waals surface area (Å²) in [6.07, 6.45) is -0.834. The van der Waals surface area contributed by atoms with Crippen LogP contribution < -0.4 is 4.72 Å². The fourth-order valence-corrected chi connectivity index (χ4v) is 3.12. The predicted octanol–water partition coefficient (Wildman–Crippen LogP) is 0.510. The third kappa shape index (κ3) is 4.04. The number of aliphatic carboxylic acids is 2. The maximum Gasteiger partial charge on any atom is 0.322 e. The van der Waals surface area contributed by atoms with Gasteiger partial charge in [0.1, 0.15) is 6.04 Å². The number of sulfonamides is 1. The lowest BCUT2D eigenvalue weighted by Gasteiger charge is -2.14. The fourth-order valence-electron chi connectivity index (χ4n) is 1.71. The molecule has 0 bridgehead atoms. The van der Waals surface area contributed by atoms with Crippen molar-refractivity contribution < 1.29 is 28.2 Å². The van der Waals surface area contributed by atoms with E-state index >= 15 is 0 Å². The van der Waals surface area contributed by atoms with Crippen LogP contribution in [0.2, 0.25) is 0 Å². The summed E-state index contributed by atoms with van der Waals surface area (Å²) in [7, 11) is -4.09. The van der Waals surface area contributed by atoms with Gasteiger partial charge in [-0.15, -0.1) is 0 Å². The Morgan fingerprint density at radius 3 is 2.30 bits per heavy atom. The number of carbonyl (C=O) groups is 2. The van der Waals surface area contributed by atoms with Crippen molar-refractivity contribution in [2.45, 2.75) is 31.2 Å². The molecule has 1 aromatic rings. The zero-order valence-corrected chi connectivity index (χ0v) is 11.8. The summed E-state index contributed by atoms with van der Waals surface area (Å²) in [5.41, 5.74) is 1.32. The molecule has 0 aromatic heterocycles. The molecule has 0 fully saturated rings. The molecule has 8 heteroatoms. The van der Waals surface area contributed by atoms with E-state index in [0.29, 0.717) is 5.56 Å². The highest BCUT2D eigenvalue weighted by Crippen LogP contribution is 2.17. The van der Waals surface area contributed by atoms with Gasteiger partial charge in [-0.2, -0.15) is 4.72 Å². The van der Waals surface area contributed by atoms with Crippen molar-refractivity contribution in [1.29, 1.82) is 0 Å². The smallest absolute Gasteiger partial charge is 0.322 e. The number of hydrogen-bond donors (Lipinski definition) is 3. The molecule has 1 rings (SSSR count). The van der Waals surface area contributed by atoms with Crippen molar-refractivity contribution >= 4 is 22.0 Å². The summed E-state index contributed by atoms with van der Waals surface area (Å²) in [4.78, 5) is 21.4. The maximum atomic E-state index is 12.1. The van der Waals surface area contributed by atoms with Gasteiger partial charge >= 0.3 is 11.9 Å². The third-order valence-electron chi connectivity index (χ3n) is 2.59. The summed E-state index contributed by atoms with van der Waals surface area (Å²) < 4.78 is 26.1. The number of rotatable bonds is 6. The van der Waals surface area contributed by atoms with Crippen molar-refractivity contribution in [3.05, 3.63) is 29.3 Å². The molecular weight excluding hydrogens is 286 g/mol. The first-order valence-corrected chi connectivity index (χ1v) is 7.16. The molecule has 0 spiro atoms. The van der Waals surface area contributed by atoms with Gasteiger partial charge in [0.05, 0.1) is 11.3 Å². The molecule has 7 nitrogen and oxygen atoms in total. The van der Waals surface area contributed by atoms with E-state index in [-0.39, 0.29) is 4.90 Å². The number of aryl methyl sites for hydroxylation is 2. The Balaban J connectivity index is 3.09. The molecule has 0 saturated heterocycles. The Hall–Kier alpha value is -1.93. The fraction of sp³-hybridized carbons (Fsp3) is 0.333. The minimum absolute atomic E-state index is 0.0697. The van der Waals surface area contributed by atoms with Crippen LogP contribution in [-0.2, 0) is 19.6 Å². The Morgan fingerprint density at radius 1 is 1.25 bits per heavy atom. The van der Waals surface area contributed by atoms with Gasteiger partial charge < -0.3 is 10.2 Å². The molecule has 0 aliphatic rings. The van der Waals surface area contributed by atoms with Crippen molar-refractivity contribution in [1.82, 2.24) is 4.72 Å². The molecular formula is C12H15NO6S. The SMILES string of the molecule is Cc1ccc(S(=O)(=O)N[C@H](CC(=O)O)C(=O)O)c(C)c1. The predicted molar refractivity (Wildman–Crippen MR) is 69.9 cm³/mol. The molecule has 0 aliphatic heterocycles. The van der Waals surface area contributed by atoms with Gasteiger partial charge in [-0.05, 0) is 25.5 Å². The lowest BCUT2D eigenvalue weighted by molar-refractivity contribution is -0.145. The summed E-state index contributed by atoms with van der Waals surface area (Å²) >= 11 is 0. The summed E-state index contributed by atoms with van der Waals surface area (Å²) in [5.74, 6) is -2.94. The van der Waals surface area contributed by atoms with Crippen molar-refractivity contribution in [3.8, 4) is 0 Å². The van der Waals surface area contributed by atoms with Crippen LogP contribution in [0.5, 0.6) is 0 Å². The number of carboxylic acid groups (broad SMARTS) is 2. The van der Waals surface area contributed by atoms with Crippen molar-refractivity contribution in [2.75, 3.05) is 0 Å². The van der Waals surface area contributed by atoms with E-state index in [1.165, 1.54) is 6.07 Å². The molecule has 0 amide bonds. The van der Waals surface area contributed by atoms with E-state index in [4.69, 9.17) is 10.2 Å². The van der Waals surface area contributed by atoms with Crippen LogP contribution >= 0.6 is 0 Å². The van der Waals surface area contributed by atoms with Crippen LogP contribution in [0, 0.1) is 13.8 Å². The number of hydrogen-bond acceptors (Lipinski definition) is 4. The van der Waals surface area contributed by atoms with E-state index in [0.717, 1.165) is 5.56 Å². The topological polar surface area (TPSA) is 121 Å². The first-order valence-electron chi connectivity index (χ1n) is 5.67. The molecule has 1 aromatic carbocycles. The number of benzene rings is 1. The highest BCUT2D eigenvalue weighted by Gasteiger charge is 2.28. The quantitative estimate of drug-likeness (QED) is 0.704. The molecule has 1 atom stereocenters. The molecule has 0 saturated carbocycles.